The molecule has 0 aliphatic rings. The van der Waals surface area contributed by atoms with Crippen LogP contribution < -0.4 is 5.32 Å². The van der Waals surface area contributed by atoms with Crippen LogP contribution in [0.15, 0.2) is 29.0 Å². The molecule has 1 aromatic carbocycles. The molecule has 0 atom stereocenters. The largest absolute Gasteiger partial charge is 0.382 e. The van der Waals surface area contributed by atoms with E-state index in [4.69, 9.17) is 9.26 Å². The lowest BCUT2D eigenvalue weighted by molar-refractivity contribution is 0.147. The molecule has 0 amide bonds. The molecule has 8 heteroatoms. The summed E-state index contributed by atoms with van der Waals surface area (Å²) in [6, 6.07) is 3.17. The van der Waals surface area contributed by atoms with E-state index in [2.05, 4.69) is 20.4 Å². The number of ether oxygens (including phenoxy) is 1. The van der Waals surface area contributed by atoms with E-state index in [1.807, 2.05) is 6.92 Å². The summed E-state index contributed by atoms with van der Waals surface area (Å²) in [5, 5.41) is 7.53. The Morgan fingerprint density at radius 1 is 1.17 bits per heavy atom. The third-order valence-corrected chi connectivity index (χ3v) is 3.37. The van der Waals surface area contributed by atoms with Gasteiger partial charge in [-0.25, -0.2) is 13.8 Å². The van der Waals surface area contributed by atoms with Gasteiger partial charge in [-0.3, -0.25) is 0 Å². The van der Waals surface area contributed by atoms with E-state index in [0.717, 1.165) is 12.5 Å². The molecule has 3 aromatic rings. The predicted octanol–water partition coefficient (Wildman–Crippen LogP) is 3.40. The van der Waals surface area contributed by atoms with Crippen LogP contribution in [0, 0.1) is 11.6 Å². The van der Waals surface area contributed by atoms with E-state index in [1.54, 1.807) is 0 Å². The van der Waals surface area contributed by atoms with Crippen molar-refractivity contribution in [3.05, 3.63) is 36.2 Å². The summed E-state index contributed by atoms with van der Waals surface area (Å²) < 4.78 is 37.4. The summed E-state index contributed by atoms with van der Waals surface area (Å²) in [4.78, 5) is 8.18. The SMILES string of the molecule is CCOCCCNc1ncnc2onc(-c3cc(F)cc(F)c3)c12. The van der Waals surface area contributed by atoms with Crippen LogP contribution in [0.3, 0.4) is 0 Å². The smallest absolute Gasteiger partial charge is 0.263 e. The van der Waals surface area contributed by atoms with Gasteiger partial charge in [0.1, 0.15) is 34.9 Å². The highest BCUT2D eigenvalue weighted by molar-refractivity contribution is 5.97. The highest BCUT2D eigenvalue weighted by atomic mass is 19.1. The van der Waals surface area contributed by atoms with E-state index in [0.29, 0.717) is 31.0 Å². The highest BCUT2D eigenvalue weighted by Gasteiger charge is 2.17. The van der Waals surface area contributed by atoms with Gasteiger partial charge in [-0.15, -0.1) is 0 Å². The zero-order valence-electron chi connectivity index (χ0n) is 13.1. The normalized spacial score (nSPS) is 11.1. The molecule has 3 rings (SSSR count). The quantitative estimate of drug-likeness (QED) is 0.668. The van der Waals surface area contributed by atoms with Gasteiger partial charge in [-0.2, -0.15) is 4.98 Å². The number of hydrogen-bond acceptors (Lipinski definition) is 6. The van der Waals surface area contributed by atoms with Gasteiger partial charge in [0.05, 0.1) is 0 Å². The summed E-state index contributed by atoms with van der Waals surface area (Å²) in [6.07, 6.45) is 2.13. The van der Waals surface area contributed by atoms with E-state index >= 15 is 0 Å². The molecule has 126 valence electrons. The summed E-state index contributed by atoms with van der Waals surface area (Å²) in [5.74, 6) is -0.883. The maximum atomic E-state index is 13.5. The number of hydrogen-bond donors (Lipinski definition) is 1. The van der Waals surface area contributed by atoms with E-state index in [-0.39, 0.29) is 17.0 Å². The van der Waals surface area contributed by atoms with Crippen LogP contribution in [0.5, 0.6) is 0 Å². The second kappa shape index (κ2) is 7.31. The predicted molar refractivity (Wildman–Crippen MR) is 84.6 cm³/mol. The first-order chi connectivity index (χ1) is 11.7. The first-order valence-electron chi connectivity index (χ1n) is 7.57. The second-order valence-electron chi connectivity index (χ2n) is 5.07. The summed E-state index contributed by atoms with van der Waals surface area (Å²) in [7, 11) is 0. The standard InChI is InChI=1S/C16H16F2N4O2/c1-2-23-5-3-4-19-15-13-14(22-24-16(13)21-9-20-15)10-6-11(17)8-12(18)7-10/h6-9H,2-5H2,1H3,(H,19,20,21). The van der Waals surface area contributed by atoms with Gasteiger partial charge in [0.15, 0.2) is 0 Å². The lowest BCUT2D eigenvalue weighted by atomic mass is 10.1. The van der Waals surface area contributed by atoms with Gasteiger partial charge in [0.25, 0.3) is 5.71 Å². The van der Waals surface area contributed by atoms with Crippen LogP contribution in [-0.2, 0) is 4.74 Å². The minimum Gasteiger partial charge on any atom is -0.382 e. The molecule has 0 unspecified atom stereocenters. The first kappa shape index (κ1) is 16.3. The Labute approximate surface area is 136 Å². The van der Waals surface area contributed by atoms with Crippen LogP contribution in [-0.4, -0.2) is 34.9 Å². The molecule has 0 radical (unpaired) electrons. The van der Waals surface area contributed by atoms with E-state index < -0.39 is 11.6 Å². The molecule has 0 saturated heterocycles. The van der Waals surface area contributed by atoms with Crippen molar-refractivity contribution in [3.63, 3.8) is 0 Å². The van der Waals surface area contributed by atoms with Crippen molar-refractivity contribution < 1.29 is 18.0 Å². The number of halogens is 2. The lowest BCUT2D eigenvalue weighted by Gasteiger charge is -2.07. The van der Waals surface area contributed by atoms with Crippen molar-refractivity contribution in [1.82, 2.24) is 15.1 Å². The Kier molecular flexibility index (Phi) is 4.95. The van der Waals surface area contributed by atoms with Gasteiger partial charge in [0.2, 0.25) is 0 Å². The van der Waals surface area contributed by atoms with Gasteiger partial charge in [0, 0.05) is 31.4 Å². The Hall–Kier alpha value is -2.61. The Morgan fingerprint density at radius 3 is 2.71 bits per heavy atom. The van der Waals surface area contributed by atoms with Crippen molar-refractivity contribution in [3.8, 4) is 11.3 Å². The Morgan fingerprint density at radius 2 is 1.96 bits per heavy atom. The highest BCUT2D eigenvalue weighted by Crippen LogP contribution is 2.31. The zero-order valence-corrected chi connectivity index (χ0v) is 13.1. The lowest BCUT2D eigenvalue weighted by Crippen LogP contribution is -2.07. The van der Waals surface area contributed by atoms with Gasteiger partial charge >= 0.3 is 0 Å². The van der Waals surface area contributed by atoms with Gasteiger partial charge < -0.3 is 14.6 Å². The molecule has 0 saturated carbocycles. The summed E-state index contributed by atoms with van der Waals surface area (Å²) >= 11 is 0. The maximum Gasteiger partial charge on any atom is 0.263 e. The van der Waals surface area contributed by atoms with Crippen molar-refractivity contribution in [1.29, 1.82) is 0 Å². The molecule has 0 fully saturated rings. The van der Waals surface area contributed by atoms with Crippen LogP contribution >= 0.6 is 0 Å². The fourth-order valence-electron chi connectivity index (χ4n) is 2.33. The van der Waals surface area contributed by atoms with Gasteiger partial charge in [-0.05, 0) is 25.5 Å². The van der Waals surface area contributed by atoms with Crippen LogP contribution in [0.25, 0.3) is 22.4 Å². The van der Waals surface area contributed by atoms with Crippen molar-refractivity contribution >= 4 is 16.9 Å². The monoisotopic (exact) mass is 334 g/mol. The maximum absolute atomic E-state index is 13.5. The molecule has 6 nitrogen and oxygen atoms in total. The number of anilines is 1. The number of nitrogens with one attached hydrogen (secondary N) is 1. The minimum atomic E-state index is -0.691. The van der Waals surface area contributed by atoms with Crippen LogP contribution in [0.1, 0.15) is 13.3 Å². The molecule has 0 aliphatic carbocycles. The molecule has 0 spiro atoms. The molecule has 24 heavy (non-hydrogen) atoms. The van der Waals surface area contributed by atoms with Crippen LogP contribution in [0.4, 0.5) is 14.6 Å². The minimum absolute atomic E-state index is 0.247. The average Bonchev–Trinajstić information content (AvgIpc) is 2.98. The third-order valence-electron chi connectivity index (χ3n) is 3.37. The first-order valence-corrected chi connectivity index (χ1v) is 7.57. The fourth-order valence-corrected chi connectivity index (χ4v) is 2.33. The summed E-state index contributed by atoms with van der Waals surface area (Å²) in [6.45, 7) is 3.85. The molecule has 0 bridgehead atoms. The molecule has 0 aliphatic heterocycles. The van der Waals surface area contributed by atoms with Gasteiger partial charge in [-0.1, -0.05) is 5.16 Å². The van der Waals surface area contributed by atoms with Crippen molar-refractivity contribution in [2.45, 2.75) is 13.3 Å². The molecule has 2 heterocycles. The number of fused-ring (bicyclic) bond motifs is 1. The molecular formula is C16H16F2N4O2. The van der Waals surface area contributed by atoms with Crippen LogP contribution in [0.2, 0.25) is 0 Å². The van der Waals surface area contributed by atoms with E-state index in [1.165, 1.54) is 18.5 Å². The Bertz CT molecular complexity index is 818. The van der Waals surface area contributed by atoms with Crippen molar-refractivity contribution in [2.24, 2.45) is 0 Å². The summed E-state index contributed by atoms with van der Waals surface area (Å²) in [5.41, 5.74) is 0.798. The number of nitrogens with zero attached hydrogens (tertiary/aromatic N) is 3. The average molecular weight is 334 g/mol. The Balaban J connectivity index is 1.92. The zero-order chi connectivity index (χ0) is 16.9. The number of aromatic nitrogens is 3. The van der Waals surface area contributed by atoms with E-state index in [9.17, 15) is 8.78 Å². The second-order valence-corrected chi connectivity index (χ2v) is 5.07. The molecular weight excluding hydrogens is 318 g/mol. The third kappa shape index (κ3) is 3.48. The van der Waals surface area contributed by atoms with Crippen molar-refractivity contribution in [2.75, 3.05) is 25.1 Å². The molecule has 1 N–H and O–H groups in total. The molecule has 2 aromatic heterocycles. The topological polar surface area (TPSA) is 73.1 Å². The number of rotatable bonds is 7. The number of benzene rings is 1. The fraction of sp³-hybridized carbons (Fsp3) is 0.312.